The van der Waals surface area contributed by atoms with Crippen LogP contribution in [0.25, 0.3) is 0 Å². The van der Waals surface area contributed by atoms with Gasteiger partial charge >= 0.3 is 0 Å². The third kappa shape index (κ3) is 1.78. The van der Waals surface area contributed by atoms with Crippen molar-refractivity contribution in [2.75, 3.05) is 13.1 Å². The minimum atomic E-state index is 0.114. The van der Waals surface area contributed by atoms with Crippen molar-refractivity contribution in [2.24, 2.45) is 5.92 Å². The molecule has 0 bridgehead atoms. The van der Waals surface area contributed by atoms with Gasteiger partial charge < -0.3 is 10.2 Å². The summed E-state index contributed by atoms with van der Waals surface area (Å²) >= 11 is 0. The van der Waals surface area contributed by atoms with Crippen LogP contribution in [-0.4, -0.2) is 36.0 Å². The van der Waals surface area contributed by atoms with Gasteiger partial charge in [0.15, 0.2) is 0 Å². The lowest BCUT2D eigenvalue weighted by Gasteiger charge is -2.24. The topological polar surface area (TPSA) is 32.3 Å². The van der Waals surface area contributed by atoms with Gasteiger partial charge in [0.25, 0.3) is 0 Å². The highest BCUT2D eigenvalue weighted by molar-refractivity contribution is 5.82. The van der Waals surface area contributed by atoms with Crippen LogP contribution in [0.4, 0.5) is 0 Å². The maximum atomic E-state index is 12.1. The van der Waals surface area contributed by atoms with Gasteiger partial charge in [-0.25, -0.2) is 0 Å². The van der Waals surface area contributed by atoms with E-state index in [1.54, 1.807) is 0 Å². The first kappa shape index (κ1) is 9.97. The van der Waals surface area contributed by atoms with Crippen LogP contribution in [0, 0.1) is 5.92 Å². The van der Waals surface area contributed by atoms with E-state index in [1.807, 2.05) is 0 Å². The zero-order valence-corrected chi connectivity index (χ0v) is 9.12. The van der Waals surface area contributed by atoms with Crippen LogP contribution in [-0.2, 0) is 4.79 Å². The Bertz CT molecular complexity index is 223. The predicted octanol–water partition coefficient (Wildman–Crippen LogP) is 0.995. The molecule has 0 aromatic carbocycles. The second-order valence-electron chi connectivity index (χ2n) is 4.83. The molecule has 3 nitrogen and oxygen atoms in total. The van der Waals surface area contributed by atoms with E-state index in [0.717, 1.165) is 25.9 Å². The van der Waals surface area contributed by atoms with Gasteiger partial charge in [-0.3, -0.25) is 4.79 Å². The quantitative estimate of drug-likeness (QED) is 0.678. The molecule has 2 saturated heterocycles. The zero-order valence-electron chi connectivity index (χ0n) is 9.12. The number of nitrogens with one attached hydrogen (secondary N) is 1. The summed E-state index contributed by atoms with van der Waals surface area (Å²) in [6, 6.07) is 0.558. The molecule has 0 saturated carbocycles. The number of likely N-dealkylation sites (tertiary alicyclic amines) is 1. The standard InChI is InChI=1S/C11H20N2O/c1-8-6-9(2)13(7-8)11(14)10-4-3-5-12-10/h8-10,12H,3-7H2,1-2H3/t8?,9?,10-/m0/s1. The first-order valence-corrected chi connectivity index (χ1v) is 5.72. The highest BCUT2D eigenvalue weighted by Gasteiger charge is 2.34. The van der Waals surface area contributed by atoms with Crippen LogP contribution in [0.5, 0.6) is 0 Å². The monoisotopic (exact) mass is 196 g/mol. The van der Waals surface area contributed by atoms with Crippen molar-refractivity contribution in [1.82, 2.24) is 10.2 Å². The van der Waals surface area contributed by atoms with Gasteiger partial charge in [0.2, 0.25) is 5.91 Å². The molecule has 0 aromatic rings. The molecule has 14 heavy (non-hydrogen) atoms. The summed E-state index contributed by atoms with van der Waals surface area (Å²) < 4.78 is 0. The van der Waals surface area contributed by atoms with E-state index in [1.165, 1.54) is 6.42 Å². The van der Waals surface area contributed by atoms with Crippen molar-refractivity contribution in [3.05, 3.63) is 0 Å². The SMILES string of the molecule is CC1CC(C)N(C(=O)[C@@H]2CCCN2)C1. The van der Waals surface area contributed by atoms with E-state index < -0.39 is 0 Å². The average molecular weight is 196 g/mol. The lowest BCUT2D eigenvalue weighted by atomic mass is 10.1. The molecule has 2 aliphatic rings. The highest BCUT2D eigenvalue weighted by atomic mass is 16.2. The number of nitrogens with zero attached hydrogens (tertiary/aromatic N) is 1. The molecule has 2 unspecified atom stereocenters. The Morgan fingerprint density at radius 2 is 2.21 bits per heavy atom. The Labute approximate surface area is 85.8 Å². The maximum absolute atomic E-state index is 12.1. The van der Waals surface area contributed by atoms with Crippen LogP contribution in [0.15, 0.2) is 0 Å². The second kappa shape index (κ2) is 3.89. The van der Waals surface area contributed by atoms with Crippen molar-refractivity contribution in [1.29, 1.82) is 0 Å². The van der Waals surface area contributed by atoms with Crippen LogP contribution < -0.4 is 5.32 Å². The number of hydrogen-bond acceptors (Lipinski definition) is 2. The summed E-state index contributed by atoms with van der Waals surface area (Å²) in [5, 5.41) is 3.28. The summed E-state index contributed by atoms with van der Waals surface area (Å²) in [6.45, 7) is 6.36. The third-order valence-corrected chi connectivity index (χ3v) is 3.43. The van der Waals surface area contributed by atoms with Gasteiger partial charge in [-0.05, 0) is 38.6 Å². The molecular formula is C11H20N2O. The minimum absolute atomic E-state index is 0.114. The molecular weight excluding hydrogens is 176 g/mol. The smallest absolute Gasteiger partial charge is 0.239 e. The molecule has 80 valence electrons. The number of carbonyl (C=O) groups is 1. The summed E-state index contributed by atoms with van der Waals surface area (Å²) in [5.41, 5.74) is 0. The van der Waals surface area contributed by atoms with Crippen molar-refractivity contribution in [2.45, 2.75) is 45.2 Å². The molecule has 2 aliphatic heterocycles. The van der Waals surface area contributed by atoms with Gasteiger partial charge in [0.1, 0.15) is 0 Å². The first-order chi connectivity index (χ1) is 6.68. The Morgan fingerprint density at radius 3 is 2.71 bits per heavy atom. The number of carbonyl (C=O) groups excluding carboxylic acids is 1. The van der Waals surface area contributed by atoms with Crippen molar-refractivity contribution >= 4 is 5.91 Å². The molecule has 2 heterocycles. The van der Waals surface area contributed by atoms with Gasteiger partial charge in [0, 0.05) is 12.6 Å². The zero-order chi connectivity index (χ0) is 10.1. The normalized spacial score (nSPS) is 37.9. The van der Waals surface area contributed by atoms with E-state index in [4.69, 9.17) is 0 Å². The van der Waals surface area contributed by atoms with Crippen molar-refractivity contribution in [3.63, 3.8) is 0 Å². The molecule has 3 atom stereocenters. The lowest BCUT2D eigenvalue weighted by Crippen LogP contribution is -2.45. The van der Waals surface area contributed by atoms with Crippen molar-refractivity contribution < 1.29 is 4.79 Å². The molecule has 2 fully saturated rings. The van der Waals surface area contributed by atoms with E-state index >= 15 is 0 Å². The average Bonchev–Trinajstić information content (AvgIpc) is 2.73. The maximum Gasteiger partial charge on any atom is 0.239 e. The first-order valence-electron chi connectivity index (χ1n) is 5.72. The molecule has 0 spiro atoms. The number of amides is 1. The van der Waals surface area contributed by atoms with Crippen LogP contribution in [0.2, 0.25) is 0 Å². The highest BCUT2D eigenvalue weighted by Crippen LogP contribution is 2.24. The summed E-state index contributed by atoms with van der Waals surface area (Å²) in [6.07, 6.45) is 3.34. The predicted molar refractivity (Wildman–Crippen MR) is 56.0 cm³/mol. The number of hydrogen-bond donors (Lipinski definition) is 1. The Hall–Kier alpha value is -0.570. The minimum Gasteiger partial charge on any atom is -0.338 e. The Kier molecular flexibility index (Phi) is 2.77. The summed E-state index contributed by atoms with van der Waals surface area (Å²) in [4.78, 5) is 14.1. The van der Waals surface area contributed by atoms with E-state index in [-0.39, 0.29) is 6.04 Å². The number of rotatable bonds is 1. The third-order valence-electron chi connectivity index (χ3n) is 3.43. The fourth-order valence-corrected chi connectivity index (χ4v) is 2.70. The van der Waals surface area contributed by atoms with Gasteiger partial charge in [-0.1, -0.05) is 6.92 Å². The lowest BCUT2D eigenvalue weighted by molar-refractivity contribution is -0.133. The molecule has 2 rings (SSSR count). The molecule has 3 heteroatoms. The molecule has 0 aromatic heterocycles. The fourth-order valence-electron chi connectivity index (χ4n) is 2.70. The van der Waals surface area contributed by atoms with Crippen LogP contribution >= 0.6 is 0 Å². The largest absolute Gasteiger partial charge is 0.338 e. The molecule has 0 radical (unpaired) electrons. The molecule has 0 aliphatic carbocycles. The second-order valence-corrected chi connectivity index (χ2v) is 4.83. The van der Waals surface area contributed by atoms with E-state index in [0.29, 0.717) is 17.9 Å². The Morgan fingerprint density at radius 1 is 1.43 bits per heavy atom. The van der Waals surface area contributed by atoms with Crippen LogP contribution in [0.3, 0.4) is 0 Å². The summed E-state index contributed by atoms with van der Waals surface area (Å²) in [7, 11) is 0. The van der Waals surface area contributed by atoms with E-state index in [2.05, 4.69) is 24.1 Å². The van der Waals surface area contributed by atoms with Gasteiger partial charge in [-0.15, -0.1) is 0 Å². The Balaban J connectivity index is 1.96. The van der Waals surface area contributed by atoms with Crippen LogP contribution in [0.1, 0.15) is 33.1 Å². The fraction of sp³-hybridized carbons (Fsp3) is 0.909. The molecule has 1 amide bonds. The van der Waals surface area contributed by atoms with Gasteiger partial charge in [-0.2, -0.15) is 0 Å². The molecule has 1 N–H and O–H groups in total. The van der Waals surface area contributed by atoms with Crippen molar-refractivity contribution in [3.8, 4) is 0 Å². The van der Waals surface area contributed by atoms with Gasteiger partial charge in [0.05, 0.1) is 6.04 Å². The summed E-state index contributed by atoms with van der Waals surface area (Å²) in [5.74, 6) is 1.01. The van der Waals surface area contributed by atoms with E-state index in [9.17, 15) is 4.79 Å².